The highest BCUT2D eigenvalue weighted by Gasteiger charge is 1.98. The Morgan fingerprint density at radius 1 is 0.679 bits per heavy atom. The fraction of sp³-hybridized carbons (Fsp3) is 0.280. The zero-order valence-corrected chi connectivity index (χ0v) is 16.6. The van der Waals surface area contributed by atoms with E-state index in [2.05, 4.69) is 48.6 Å². The SMILES string of the molecule is CCc1ccc(OCCNc2ccc(OCCCc3ccccc3)cc2)cc1. The Hall–Kier alpha value is -2.94. The van der Waals surface area contributed by atoms with Crippen molar-refractivity contribution in [1.82, 2.24) is 0 Å². The number of nitrogens with one attached hydrogen (secondary N) is 1. The van der Waals surface area contributed by atoms with Crippen molar-refractivity contribution < 1.29 is 9.47 Å². The van der Waals surface area contributed by atoms with Crippen molar-refractivity contribution in [1.29, 1.82) is 0 Å². The van der Waals surface area contributed by atoms with E-state index in [0.717, 1.165) is 49.6 Å². The summed E-state index contributed by atoms with van der Waals surface area (Å²) in [6.07, 6.45) is 3.11. The molecule has 0 saturated heterocycles. The molecule has 0 amide bonds. The molecule has 3 heteroatoms. The van der Waals surface area contributed by atoms with Gasteiger partial charge in [0.05, 0.1) is 6.61 Å². The van der Waals surface area contributed by atoms with Gasteiger partial charge in [-0.15, -0.1) is 0 Å². The number of hydrogen-bond donors (Lipinski definition) is 1. The second-order valence-corrected chi connectivity index (χ2v) is 6.73. The Morgan fingerprint density at radius 2 is 1.32 bits per heavy atom. The number of benzene rings is 3. The lowest BCUT2D eigenvalue weighted by Crippen LogP contribution is -2.11. The lowest BCUT2D eigenvalue weighted by atomic mass is 10.1. The summed E-state index contributed by atoms with van der Waals surface area (Å²) >= 11 is 0. The molecule has 3 nitrogen and oxygen atoms in total. The minimum absolute atomic E-state index is 0.628. The molecule has 0 atom stereocenters. The van der Waals surface area contributed by atoms with Gasteiger partial charge in [0.2, 0.25) is 0 Å². The number of anilines is 1. The fourth-order valence-electron chi connectivity index (χ4n) is 2.97. The number of aryl methyl sites for hydroxylation is 2. The summed E-state index contributed by atoms with van der Waals surface area (Å²) in [6.45, 7) is 4.27. The topological polar surface area (TPSA) is 30.5 Å². The molecule has 0 spiro atoms. The summed E-state index contributed by atoms with van der Waals surface area (Å²) in [6, 6.07) is 26.9. The van der Waals surface area contributed by atoms with Crippen LogP contribution in [0.3, 0.4) is 0 Å². The molecule has 0 heterocycles. The van der Waals surface area contributed by atoms with E-state index in [0.29, 0.717) is 6.61 Å². The van der Waals surface area contributed by atoms with Gasteiger partial charge in [0.25, 0.3) is 0 Å². The average Bonchev–Trinajstić information content (AvgIpc) is 2.76. The summed E-state index contributed by atoms with van der Waals surface area (Å²) in [5, 5.41) is 3.37. The van der Waals surface area contributed by atoms with Gasteiger partial charge in [-0.25, -0.2) is 0 Å². The average molecular weight is 376 g/mol. The molecule has 0 fully saturated rings. The van der Waals surface area contributed by atoms with Gasteiger partial charge in [0.1, 0.15) is 18.1 Å². The van der Waals surface area contributed by atoms with E-state index >= 15 is 0 Å². The number of rotatable bonds is 11. The summed E-state index contributed by atoms with van der Waals surface area (Å²) < 4.78 is 11.6. The summed E-state index contributed by atoms with van der Waals surface area (Å²) in [7, 11) is 0. The first kappa shape index (κ1) is 19.8. The first-order valence-electron chi connectivity index (χ1n) is 10.1. The van der Waals surface area contributed by atoms with Crippen LogP contribution in [-0.2, 0) is 12.8 Å². The van der Waals surface area contributed by atoms with Crippen molar-refractivity contribution in [3.05, 3.63) is 90.0 Å². The molecular formula is C25H29NO2. The van der Waals surface area contributed by atoms with Crippen LogP contribution < -0.4 is 14.8 Å². The van der Waals surface area contributed by atoms with Crippen LogP contribution >= 0.6 is 0 Å². The van der Waals surface area contributed by atoms with Crippen molar-refractivity contribution in [2.24, 2.45) is 0 Å². The second-order valence-electron chi connectivity index (χ2n) is 6.73. The van der Waals surface area contributed by atoms with Crippen LogP contribution in [0, 0.1) is 0 Å². The molecule has 1 N–H and O–H groups in total. The molecule has 28 heavy (non-hydrogen) atoms. The molecular weight excluding hydrogens is 346 g/mol. The van der Waals surface area contributed by atoms with Gasteiger partial charge in [-0.05, 0) is 66.8 Å². The third kappa shape index (κ3) is 6.66. The molecule has 3 aromatic rings. The van der Waals surface area contributed by atoms with Crippen molar-refractivity contribution >= 4 is 5.69 Å². The van der Waals surface area contributed by atoms with Crippen molar-refractivity contribution in [3.8, 4) is 11.5 Å². The highest BCUT2D eigenvalue weighted by Crippen LogP contribution is 2.16. The molecule has 0 aliphatic rings. The predicted octanol–water partition coefficient (Wildman–Crippen LogP) is 5.75. The maximum Gasteiger partial charge on any atom is 0.119 e. The molecule has 0 bridgehead atoms. The Balaban J connectivity index is 1.31. The van der Waals surface area contributed by atoms with Gasteiger partial charge in [0.15, 0.2) is 0 Å². The van der Waals surface area contributed by atoms with Gasteiger partial charge in [-0.1, -0.05) is 49.4 Å². The molecule has 0 saturated carbocycles. The Morgan fingerprint density at radius 3 is 2.00 bits per heavy atom. The molecule has 0 aromatic heterocycles. The van der Waals surface area contributed by atoms with Gasteiger partial charge < -0.3 is 14.8 Å². The Labute approximate surface area is 168 Å². The molecule has 0 aliphatic heterocycles. The van der Waals surface area contributed by atoms with Crippen molar-refractivity contribution in [2.45, 2.75) is 26.2 Å². The second kappa shape index (κ2) is 11.0. The van der Waals surface area contributed by atoms with Gasteiger partial charge in [-0.2, -0.15) is 0 Å². The highest BCUT2D eigenvalue weighted by molar-refractivity contribution is 5.46. The summed E-state index contributed by atoms with van der Waals surface area (Å²) in [4.78, 5) is 0. The smallest absolute Gasteiger partial charge is 0.119 e. The number of ether oxygens (including phenoxy) is 2. The van der Waals surface area contributed by atoms with Crippen LogP contribution in [0.5, 0.6) is 11.5 Å². The monoisotopic (exact) mass is 375 g/mol. The van der Waals surface area contributed by atoms with Gasteiger partial charge in [0, 0.05) is 12.2 Å². The molecule has 0 aliphatic carbocycles. The molecule has 3 rings (SSSR count). The van der Waals surface area contributed by atoms with E-state index in [1.54, 1.807) is 0 Å². The van der Waals surface area contributed by atoms with Crippen molar-refractivity contribution in [2.75, 3.05) is 25.1 Å². The lowest BCUT2D eigenvalue weighted by molar-refractivity contribution is 0.311. The summed E-state index contributed by atoms with van der Waals surface area (Å²) in [5.41, 5.74) is 3.75. The van der Waals surface area contributed by atoms with E-state index in [9.17, 15) is 0 Å². The van der Waals surface area contributed by atoms with E-state index < -0.39 is 0 Å². The van der Waals surface area contributed by atoms with Crippen LogP contribution in [0.15, 0.2) is 78.9 Å². The van der Waals surface area contributed by atoms with Crippen LogP contribution in [0.2, 0.25) is 0 Å². The van der Waals surface area contributed by atoms with Gasteiger partial charge >= 0.3 is 0 Å². The van der Waals surface area contributed by atoms with E-state index in [1.165, 1.54) is 11.1 Å². The lowest BCUT2D eigenvalue weighted by Gasteiger charge is -2.10. The quantitative estimate of drug-likeness (QED) is 0.433. The third-order valence-electron chi connectivity index (χ3n) is 4.61. The van der Waals surface area contributed by atoms with Crippen molar-refractivity contribution in [3.63, 3.8) is 0 Å². The minimum atomic E-state index is 0.628. The molecule has 0 unspecified atom stereocenters. The van der Waals surface area contributed by atoms with Crippen LogP contribution in [-0.4, -0.2) is 19.8 Å². The zero-order chi connectivity index (χ0) is 19.4. The van der Waals surface area contributed by atoms with Crippen LogP contribution in [0.4, 0.5) is 5.69 Å². The fourth-order valence-corrected chi connectivity index (χ4v) is 2.97. The van der Waals surface area contributed by atoms with E-state index in [1.807, 2.05) is 42.5 Å². The molecule has 146 valence electrons. The Kier molecular flexibility index (Phi) is 7.80. The summed E-state index contributed by atoms with van der Waals surface area (Å²) in [5.74, 6) is 1.82. The molecule has 0 radical (unpaired) electrons. The molecule has 3 aromatic carbocycles. The highest BCUT2D eigenvalue weighted by atomic mass is 16.5. The van der Waals surface area contributed by atoms with E-state index in [-0.39, 0.29) is 0 Å². The first-order valence-corrected chi connectivity index (χ1v) is 10.1. The Bertz CT molecular complexity index is 798. The van der Waals surface area contributed by atoms with Crippen LogP contribution in [0.1, 0.15) is 24.5 Å². The third-order valence-corrected chi connectivity index (χ3v) is 4.61. The van der Waals surface area contributed by atoms with Gasteiger partial charge in [-0.3, -0.25) is 0 Å². The van der Waals surface area contributed by atoms with Crippen LogP contribution in [0.25, 0.3) is 0 Å². The standard InChI is InChI=1S/C25H29NO2/c1-2-21-10-14-24(15-11-21)28-20-18-26-23-12-16-25(17-13-23)27-19-6-9-22-7-4-3-5-8-22/h3-5,7-8,10-17,26H,2,6,9,18-20H2,1H3. The zero-order valence-electron chi connectivity index (χ0n) is 16.6. The number of hydrogen-bond acceptors (Lipinski definition) is 3. The first-order chi connectivity index (χ1) is 13.8. The minimum Gasteiger partial charge on any atom is -0.494 e. The maximum absolute atomic E-state index is 5.83. The maximum atomic E-state index is 5.83. The normalized spacial score (nSPS) is 10.5. The van der Waals surface area contributed by atoms with E-state index in [4.69, 9.17) is 9.47 Å². The predicted molar refractivity (Wildman–Crippen MR) is 117 cm³/mol. The largest absolute Gasteiger partial charge is 0.494 e.